The Hall–Kier alpha value is -5.32. The standard InChI is InChI=1S/C34H37N9O2/c1-20(31-15-40-34(43-31)45-17-32-22(3)26(7-11-38-32)21(2)29-13-35-18-41-29)25-6-9-39-33(12-25)44-16-28-24(5)37-10-8-27(28)23(4)30-14-36-19-42-30/h6-15,18-21,23H,16-17H2,1-5H3,(H,35,41)(H,36,42)(H,40,43). The largest absolute Gasteiger partial charge is 0.473 e. The van der Waals surface area contributed by atoms with Gasteiger partial charge in [0.15, 0.2) is 0 Å². The van der Waals surface area contributed by atoms with Gasteiger partial charge in [-0.2, -0.15) is 0 Å². The quantitative estimate of drug-likeness (QED) is 0.148. The molecule has 3 atom stereocenters. The van der Waals surface area contributed by atoms with Crippen molar-refractivity contribution in [3.05, 3.63) is 130 Å². The van der Waals surface area contributed by atoms with Crippen LogP contribution in [0, 0.1) is 13.8 Å². The van der Waals surface area contributed by atoms with E-state index in [1.807, 2.05) is 56.0 Å². The molecular formula is C34H37N9O2. The molecule has 0 aromatic carbocycles. The average Bonchev–Trinajstić information content (AvgIpc) is 3.87. The Morgan fingerprint density at radius 1 is 0.689 bits per heavy atom. The predicted molar refractivity (Wildman–Crippen MR) is 169 cm³/mol. The number of aromatic nitrogens is 9. The smallest absolute Gasteiger partial charge is 0.294 e. The summed E-state index contributed by atoms with van der Waals surface area (Å²) in [5.41, 5.74) is 10.3. The molecule has 230 valence electrons. The van der Waals surface area contributed by atoms with Crippen molar-refractivity contribution in [1.29, 1.82) is 0 Å². The van der Waals surface area contributed by atoms with Crippen LogP contribution in [0.2, 0.25) is 0 Å². The summed E-state index contributed by atoms with van der Waals surface area (Å²) >= 11 is 0. The molecule has 3 unspecified atom stereocenters. The first kappa shape index (κ1) is 29.7. The molecule has 6 heterocycles. The number of H-pyrrole nitrogens is 3. The zero-order chi connectivity index (χ0) is 31.3. The molecule has 6 rings (SSSR count). The van der Waals surface area contributed by atoms with Gasteiger partial charge in [0.25, 0.3) is 6.01 Å². The van der Waals surface area contributed by atoms with Gasteiger partial charge in [-0.05, 0) is 54.3 Å². The maximum Gasteiger partial charge on any atom is 0.294 e. The number of nitrogens with one attached hydrogen (secondary N) is 3. The summed E-state index contributed by atoms with van der Waals surface area (Å²) in [6, 6.07) is 8.48. The van der Waals surface area contributed by atoms with E-state index in [0.717, 1.165) is 50.7 Å². The highest BCUT2D eigenvalue weighted by Gasteiger charge is 2.19. The number of imidazole rings is 3. The highest BCUT2D eigenvalue weighted by molar-refractivity contribution is 5.37. The fourth-order valence-corrected chi connectivity index (χ4v) is 5.61. The van der Waals surface area contributed by atoms with E-state index in [-0.39, 0.29) is 17.8 Å². The lowest BCUT2D eigenvalue weighted by atomic mass is 9.93. The molecule has 11 heteroatoms. The van der Waals surface area contributed by atoms with Crippen LogP contribution in [0.1, 0.15) is 94.8 Å². The van der Waals surface area contributed by atoms with Crippen LogP contribution in [0.3, 0.4) is 0 Å². The van der Waals surface area contributed by atoms with E-state index in [4.69, 9.17) is 9.47 Å². The van der Waals surface area contributed by atoms with Crippen LogP contribution >= 0.6 is 0 Å². The zero-order valence-corrected chi connectivity index (χ0v) is 26.1. The van der Waals surface area contributed by atoms with Crippen molar-refractivity contribution in [1.82, 2.24) is 44.9 Å². The summed E-state index contributed by atoms with van der Waals surface area (Å²) in [7, 11) is 0. The Labute approximate surface area is 262 Å². The summed E-state index contributed by atoms with van der Waals surface area (Å²) in [5, 5.41) is 0. The molecule has 6 aromatic heterocycles. The van der Waals surface area contributed by atoms with Crippen molar-refractivity contribution >= 4 is 0 Å². The number of hydrogen-bond donors (Lipinski definition) is 3. The van der Waals surface area contributed by atoms with Crippen molar-refractivity contribution in [2.45, 2.75) is 65.6 Å². The Morgan fingerprint density at radius 2 is 1.38 bits per heavy atom. The average molecular weight is 604 g/mol. The van der Waals surface area contributed by atoms with Crippen molar-refractivity contribution in [2.24, 2.45) is 0 Å². The Morgan fingerprint density at radius 3 is 2.11 bits per heavy atom. The highest BCUT2D eigenvalue weighted by Crippen LogP contribution is 2.30. The summed E-state index contributed by atoms with van der Waals surface area (Å²) in [4.78, 5) is 36.1. The molecule has 0 aliphatic heterocycles. The maximum absolute atomic E-state index is 6.22. The number of pyridine rings is 3. The van der Waals surface area contributed by atoms with E-state index in [1.54, 1.807) is 25.0 Å². The molecule has 45 heavy (non-hydrogen) atoms. The number of aryl methyl sites for hydroxylation is 1. The minimum Gasteiger partial charge on any atom is -0.473 e. The molecule has 0 radical (unpaired) electrons. The molecule has 0 bridgehead atoms. The maximum atomic E-state index is 6.22. The van der Waals surface area contributed by atoms with Crippen LogP contribution in [0.15, 0.2) is 74.1 Å². The number of nitrogens with zero attached hydrogens (tertiary/aromatic N) is 6. The monoisotopic (exact) mass is 603 g/mol. The van der Waals surface area contributed by atoms with Crippen LogP contribution in [-0.4, -0.2) is 44.9 Å². The van der Waals surface area contributed by atoms with E-state index in [9.17, 15) is 0 Å². The molecule has 6 aromatic rings. The van der Waals surface area contributed by atoms with Crippen molar-refractivity contribution in [3.63, 3.8) is 0 Å². The summed E-state index contributed by atoms with van der Waals surface area (Å²) in [5.74, 6) is 0.845. The van der Waals surface area contributed by atoms with E-state index < -0.39 is 0 Å². The van der Waals surface area contributed by atoms with Crippen LogP contribution < -0.4 is 9.47 Å². The fourth-order valence-electron chi connectivity index (χ4n) is 5.61. The molecule has 3 N–H and O–H groups in total. The Balaban J connectivity index is 1.11. The van der Waals surface area contributed by atoms with Crippen molar-refractivity contribution < 1.29 is 9.47 Å². The van der Waals surface area contributed by atoms with Crippen molar-refractivity contribution in [2.75, 3.05) is 0 Å². The van der Waals surface area contributed by atoms with E-state index in [1.165, 1.54) is 5.56 Å². The van der Waals surface area contributed by atoms with Gasteiger partial charge in [0.2, 0.25) is 5.88 Å². The summed E-state index contributed by atoms with van der Waals surface area (Å²) < 4.78 is 12.3. The molecule has 0 aliphatic carbocycles. The molecule has 0 saturated heterocycles. The minimum absolute atomic E-state index is 0.00901. The minimum atomic E-state index is 0.00901. The fraction of sp³-hybridized carbons (Fsp3) is 0.294. The van der Waals surface area contributed by atoms with Gasteiger partial charge in [0.1, 0.15) is 13.2 Å². The summed E-state index contributed by atoms with van der Waals surface area (Å²) in [6.45, 7) is 11.1. The zero-order valence-electron chi connectivity index (χ0n) is 26.1. The third kappa shape index (κ3) is 6.47. The second-order valence-electron chi connectivity index (χ2n) is 11.3. The van der Waals surface area contributed by atoms with Crippen LogP contribution in [0.5, 0.6) is 11.9 Å². The highest BCUT2D eigenvalue weighted by atomic mass is 16.5. The third-order valence-corrected chi connectivity index (χ3v) is 8.57. The van der Waals surface area contributed by atoms with Gasteiger partial charge >= 0.3 is 0 Å². The normalized spacial score (nSPS) is 13.4. The first-order valence-corrected chi connectivity index (χ1v) is 15.0. The van der Waals surface area contributed by atoms with Gasteiger partial charge in [-0.25, -0.2) is 19.9 Å². The molecule has 0 aliphatic rings. The molecule has 0 saturated carbocycles. The molecule has 11 nitrogen and oxygen atoms in total. The summed E-state index contributed by atoms with van der Waals surface area (Å²) in [6.07, 6.45) is 14.3. The number of aromatic amines is 3. The predicted octanol–water partition coefficient (Wildman–Crippen LogP) is 6.27. The van der Waals surface area contributed by atoms with Crippen LogP contribution in [-0.2, 0) is 13.2 Å². The third-order valence-electron chi connectivity index (χ3n) is 8.57. The Bertz CT molecular complexity index is 1850. The van der Waals surface area contributed by atoms with Crippen molar-refractivity contribution in [3.8, 4) is 11.9 Å². The number of rotatable bonds is 12. The Kier molecular flexibility index (Phi) is 8.68. The topological polar surface area (TPSA) is 143 Å². The number of hydrogen-bond acceptors (Lipinski definition) is 8. The molecule has 0 amide bonds. The molecule has 0 fully saturated rings. The second kappa shape index (κ2) is 13.1. The van der Waals surface area contributed by atoms with Gasteiger partial charge in [-0.15, -0.1) is 0 Å². The van der Waals surface area contributed by atoms with Gasteiger partial charge < -0.3 is 24.4 Å². The van der Waals surface area contributed by atoms with Crippen LogP contribution in [0.25, 0.3) is 0 Å². The van der Waals surface area contributed by atoms with E-state index >= 15 is 0 Å². The lowest BCUT2D eigenvalue weighted by Crippen LogP contribution is -2.09. The SMILES string of the molecule is Cc1nccc(C(C)c2cnc[nH]2)c1COc1cc(C(C)c2cnc(OCc3nccc(C(C)c4cnc[nH]4)c3C)[nH]2)ccn1. The van der Waals surface area contributed by atoms with Gasteiger partial charge in [0.05, 0.1) is 24.5 Å². The van der Waals surface area contributed by atoms with E-state index in [2.05, 4.69) is 72.6 Å². The second-order valence-corrected chi connectivity index (χ2v) is 11.3. The van der Waals surface area contributed by atoms with Gasteiger partial charge in [0, 0.05) is 83.1 Å². The molecular weight excluding hydrogens is 566 g/mol. The lowest BCUT2D eigenvalue weighted by Gasteiger charge is -2.18. The van der Waals surface area contributed by atoms with Gasteiger partial charge in [-0.3, -0.25) is 9.97 Å². The van der Waals surface area contributed by atoms with Crippen LogP contribution in [0.4, 0.5) is 0 Å². The molecule has 0 spiro atoms. The van der Waals surface area contributed by atoms with Gasteiger partial charge in [-0.1, -0.05) is 20.8 Å². The number of ether oxygens (including phenoxy) is 2. The first-order valence-electron chi connectivity index (χ1n) is 15.0. The van der Waals surface area contributed by atoms with E-state index in [0.29, 0.717) is 25.1 Å². The first-order chi connectivity index (χ1) is 21.9. The lowest BCUT2D eigenvalue weighted by molar-refractivity contribution is 0.278.